The number of aromatic nitrogens is 4. The fraction of sp³-hybridized carbons (Fsp3) is 0.562. The van der Waals surface area contributed by atoms with Crippen molar-refractivity contribution in [2.75, 3.05) is 0 Å². The molecule has 4 rings (SSSR count). The highest BCUT2D eigenvalue weighted by atomic mass is 32.2. The molecule has 0 unspecified atom stereocenters. The van der Waals surface area contributed by atoms with Crippen molar-refractivity contribution < 1.29 is 13.2 Å². The van der Waals surface area contributed by atoms with Crippen LogP contribution < -0.4 is 4.74 Å². The first-order valence-corrected chi connectivity index (χ1v) is 9.90. The number of piperidine rings is 1. The Kier molecular flexibility index (Phi) is 3.99. The van der Waals surface area contributed by atoms with Gasteiger partial charge in [-0.1, -0.05) is 0 Å². The summed E-state index contributed by atoms with van der Waals surface area (Å²) >= 11 is 0. The third-order valence-corrected chi connectivity index (χ3v) is 7.32. The number of H-pyrrole nitrogens is 1. The summed E-state index contributed by atoms with van der Waals surface area (Å²) < 4.78 is 34.0. The van der Waals surface area contributed by atoms with E-state index in [1.807, 2.05) is 0 Å². The second-order valence-electron chi connectivity index (χ2n) is 6.76. The normalized spacial score (nSPS) is 26.7. The Balaban J connectivity index is 1.57. The van der Waals surface area contributed by atoms with E-state index in [0.29, 0.717) is 35.0 Å². The fourth-order valence-electron chi connectivity index (χ4n) is 4.12. The summed E-state index contributed by atoms with van der Waals surface area (Å²) in [7, 11) is -3.56. The van der Waals surface area contributed by atoms with Crippen molar-refractivity contribution in [3.63, 3.8) is 0 Å². The Hall–Kier alpha value is -2.00. The lowest BCUT2D eigenvalue weighted by Crippen LogP contribution is -2.49. The molecular weight excluding hydrogens is 342 g/mol. The number of hydrogen-bond donors (Lipinski definition) is 1. The molecule has 2 aromatic heterocycles. The molecule has 2 fully saturated rings. The molecule has 25 heavy (non-hydrogen) atoms. The first kappa shape index (κ1) is 16.5. The average Bonchev–Trinajstić information content (AvgIpc) is 3.06. The molecule has 0 radical (unpaired) electrons. The van der Waals surface area contributed by atoms with Crippen LogP contribution in [0.25, 0.3) is 0 Å². The summed E-state index contributed by atoms with van der Waals surface area (Å²) in [6.07, 6.45) is 4.62. The minimum Gasteiger partial charge on any atom is -0.473 e. The Morgan fingerprint density at radius 1 is 1.24 bits per heavy atom. The van der Waals surface area contributed by atoms with Crippen molar-refractivity contribution in [3.8, 4) is 5.88 Å². The molecule has 2 saturated heterocycles. The van der Waals surface area contributed by atoms with Crippen molar-refractivity contribution in [1.82, 2.24) is 24.7 Å². The molecule has 0 amide bonds. The molecule has 8 nitrogen and oxygen atoms in total. The maximum atomic E-state index is 13.2. The molecule has 3 atom stereocenters. The smallest absolute Gasteiger partial charge is 0.247 e. The number of nitrogens with zero attached hydrogens (tertiary/aromatic N) is 4. The molecule has 0 aliphatic carbocycles. The summed E-state index contributed by atoms with van der Waals surface area (Å²) in [5.41, 5.74) is 1.12. The average molecular weight is 363 g/mol. The lowest BCUT2D eigenvalue weighted by molar-refractivity contribution is 0.0909. The van der Waals surface area contributed by atoms with Crippen LogP contribution in [0.15, 0.2) is 23.2 Å². The van der Waals surface area contributed by atoms with Crippen LogP contribution in [-0.4, -0.2) is 51.3 Å². The number of sulfonamides is 1. The van der Waals surface area contributed by atoms with Gasteiger partial charge in [0.2, 0.25) is 15.9 Å². The highest BCUT2D eigenvalue weighted by Crippen LogP contribution is 2.41. The predicted octanol–water partition coefficient (Wildman–Crippen LogP) is 1.58. The van der Waals surface area contributed by atoms with Gasteiger partial charge in [-0.3, -0.25) is 5.10 Å². The van der Waals surface area contributed by atoms with Crippen LogP contribution in [0, 0.1) is 13.8 Å². The second kappa shape index (κ2) is 6.06. The highest BCUT2D eigenvalue weighted by Gasteiger charge is 2.49. The van der Waals surface area contributed by atoms with Gasteiger partial charge < -0.3 is 4.74 Å². The van der Waals surface area contributed by atoms with Crippen molar-refractivity contribution in [3.05, 3.63) is 29.7 Å². The molecule has 2 aliphatic heterocycles. The molecule has 1 N–H and O–H groups in total. The lowest BCUT2D eigenvalue weighted by Gasteiger charge is -2.37. The van der Waals surface area contributed by atoms with Crippen LogP contribution >= 0.6 is 0 Å². The van der Waals surface area contributed by atoms with E-state index in [1.165, 1.54) is 0 Å². The summed E-state index contributed by atoms with van der Waals surface area (Å²) in [4.78, 5) is 0.317. The third-order valence-electron chi connectivity index (χ3n) is 5.05. The lowest BCUT2D eigenvalue weighted by atomic mass is 10.0. The van der Waals surface area contributed by atoms with Gasteiger partial charge in [-0.15, -0.1) is 5.10 Å². The quantitative estimate of drug-likeness (QED) is 0.885. The van der Waals surface area contributed by atoms with Crippen LogP contribution in [0.4, 0.5) is 0 Å². The molecule has 134 valence electrons. The monoisotopic (exact) mass is 363 g/mol. The summed E-state index contributed by atoms with van der Waals surface area (Å²) in [5.74, 6) is 0.490. The predicted molar refractivity (Wildman–Crippen MR) is 89.6 cm³/mol. The SMILES string of the molecule is Cc1n[nH]c(C)c1S(=O)(=O)N1[C@@H]2CC[C@H]1C[C@@H](Oc1cccnn1)C2. The van der Waals surface area contributed by atoms with Gasteiger partial charge in [0.25, 0.3) is 0 Å². The van der Waals surface area contributed by atoms with Crippen molar-refractivity contribution in [2.45, 2.75) is 62.6 Å². The Bertz CT molecular complexity index is 834. The first-order valence-electron chi connectivity index (χ1n) is 8.46. The van der Waals surface area contributed by atoms with E-state index in [-0.39, 0.29) is 18.2 Å². The van der Waals surface area contributed by atoms with Crippen LogP contribution in [0.3, 0.4) is 0 Å². The Morgan fingerprint density at radius 2 is 1.96 bits per heavy atom. The van der Waals surface area contributed by atoms with E-state index >= 15 is 0 Å². The van der Waals surface area contributed by atoms with Gasteiger partial charge >= 0.3 is 0 Å². The number of ether oxygens (including phenoxy) is 1. The van der Waals surface area contributed by atoms with Gasteiger partial charge in [-0.2, -0.15) is 14.5 Å². The van der Waals surface area contributed by atoms with Crippen LogP contribution in [0.2, 0.25) is 0 Å². The van der Waals surface area contributed by atoms with E-state index in [4.69, 9.17) is 4.74 Å². The Labute approximate surface area is 146 Å². The van der Waals surface area contributed by atoms with Crippen molar-refractivity contribution in [2.24, 2.45) is 0 Å². The van der Waals surface area contributed by atoms with Crippen LogP contribution in [0.1, 0.15) is 37.1 Å². The first-order chi connectivity index (χ1) is 12.0. The number of nitrogens with one attached hydrogen (secondary N) is 1. The van der Waals surface area contributed by atoms with Crippen LogP contribution in [0.5, 0.6) is 5.88 Å². The standard InChI is InChI=1S/C16H21N5O3S/c1-10-16(11(2)19-18-10)25(22,23)21-12-5-6-13(21)9-14(8-12)24-15-4-3-7-17-20-15/h3-4,7,12-14H,5-6,8-9H2,1-2H3,(H,18,19)/t12-,13+,14+. The minimum atomic E-state index is -3.56. The van der Waals surface area contributed by atoms with Gasteiger partial charge in [-0.25, -0.2) is 8.42 Å². The number of aromatic amines is 1. The van der Waals surface area contributed by atoms with E-state index < -0.39 is 10.0 Å². The maximum absolute atomic E-state index is 13.2. The molecule has 2 aliphatic rings. The van der Waals surface area contributed by atoms with Crippen LogP contribution in [-0.2, 0) is 10.0 Å². The maximum Gasteiger partial charge on any atom is 0.247 e. The summed E-state index contributed by atoms with van der Waals surface area (Å²) in [6.45, 7) is 3.47. The van der Waals surface area contributed by atoms with Gasteiger partial charge in [0.05, 0.1) is 11.4 Å². The molecule has 9 heteroatoms. The zero-order valence-corrected chi connectivity index (χ0v) is 15.0. The zero-order chi connectivity index (χ0) is 17.6. The third kappa shape index (κ3) is 2.81. The number of hydrogen-bond acceptors (Lipinski definition) is 6. The van der Waals surface area contributed by atoms with Gasteiger partial charge in [0.1, 0.15) is 11.0 Å². The molecule has 0 spiro atoms. The highest BCUT2D eigenvalue weighted by molar-refractivity contribution is 7.89. The van der Waals surface area contributed by atoms with Crippen molar-refractivity contribution >= 4 is 10.0 Å². The van der Waals surface area contributed by atoms with Gasteiger partial charge in [0.15, 0.2) is 0 Å². The molecular formula is C16H21N5O3S. The molecule has 4 heterocycles. The summed E-state index contributed by atoms with van der Waals surface area (Å²) in [5, 5.41) is 14.6. The molecule has 2 bridgehead atoms. The minimum absolute atomic E-state index is 0.0350. The number of rotatable bonds is 4. The van der Waals surface area contributed by atoms with Crippen molar-refractivity contribution in [1.29, 1.82) is 0 Å². The largest absolute Gasteiger partial charge is 0.473 e. The second-order valence-corrected chi connectivity index (χ2v) is 8.54. The van der Waals surface area contributed by atoms with Gasteiger partial charge in [-0.05, 0) is 32.8 Å². The molecule has 0 aromatic carbocycles. The molecule has 2 aromatic rings. The van der Waals surface area contributed by atoms with E-state index in [9.17, 15) is 8.42 Å². The van der Waals surface area contributed by atoms with E-state index in [1.54, 1.807) is 36.5 Å². The topological polar surface area (TPSA) is 101 Å². The summed E-state index contributed by atoms with van der Waals surface area (Å²) in [6, 6.07) is 3.47. The Morgan fingerprint density at radius 3 is 2.52 bits per heavy atom. The van der Waals surface area contributed by atoms with E-state index in [2.05, 4.69) is 20.4 Å². The zero-order valence-electron chi connectivity index (χ0n) is 14.2. The van der Waals surface area contributed by atoms with E-state index in [0.717, 1.165) is 12.8 Å². The number of fused-ring (bicyclic) bond motifs is 2. The van der Waals surface area contributed by atoms with Gasteiger partial charge in [0, 0.05) is 37.2 Å². The number of aryl methyl sites for hydroxylation is 2. The fourth-order valence-corrected chi connectivity index (χ4v) is 6.35. The molecule has 0 saturated carbocycles.